The number of benzene rings is 9. The highest BCUT2D eigenvalue weighted by Crippen LogP contribution is 2.49. The van der Waals surface area contributed by atoms with E-state index in [9.17, 15) is 0 Å². The van der Waals surface area contributed by atoms with Crippen molar-refractivity contribution < 1.29 is 0 Å². The van der Waals surface area contributed by atoms with Crippen molar-refractivity contribution in [1.29, 1.82) is 0 Å². The fourth-order valence-electron chi connectivity index (χ4n) is 9.94. The zero-order chi connectivity index (χ0) is 42.8. The van der Waals surface area contributed by atoms with Gasteiger partial charge in [0.2, 0.25) is 0 Å². The van der Waals surface area contributed by atoms with Crippen LogP contribution in [-0.2, 0) is 5.41 Å². The van der Waals surface area contributed by atoms with Crippen molar-refractivity contribution in [3.8, 4) is 84.1 Å². The van der Waals surface area contributed by atoms with Crippen molar-refractivity contribution in [1.82, 2.24) is 14.5 Å². The molecule has 0 fully saturated rings. The summed E-state index contributed by atoms with van der Waals surface area (Å²) in [4.78, 5) is 10.7. The van der Waals surface area contributed by atoms with Gasteiger partial charge in [0.25, 0.3) is 0 Å². The van der Waals surface area contributed by atoms with E-state index in [1.165, 1.54) is 55.3 Å². The molecular weight excluding hydrogens is 775 g/mol. The standard InChI is InChI=1S/C61H43N3/c1-61(2)54-25-12-9-22-50(54)51-33-32-46(38-55(51)61)56-39-57(63-60(62-56)43-18-7-4-8-19-43)48-35-47(36-49(37-48)64-58-26-13-10-23-52(58)53-24-11-14-27-59(53)64)45-21-15-20-44(34-45)42-30-28-41(29-31-42)40-16-5-3-6-17-40/h3-39H,1-2H3. The molecule has 1 aliphatic rings. The van der Waals surface area contributed by atoms with Gasteiger partial charge in [-0.25, -0.2) is 9.97 Å². The molecule has 9 aromatic carbocycles. The van der Waals surface area contributed by atoms with Crippen LogP contribution in [-0.4, -0.2) is 14.5 Å². The summed E-state index contributed by atoms with van der Waals surface area (Å²) in [6, 6.07) is 81.0. The Morgan fingerprint density at radius 3 is 1.52 bits per heavy atom. The lowest BCUT2D eigenvalue weighted by Crippen LogP contribution is -2.14. The molecule has 0 N–H and O–H groups in total. The minimum absolute atomic E-state index is 0.135. The number of fused-ring (bicyclic) bond motifs is 6. The molecule has 0 radical (unpaired) electrons. The van der Waals surface area contributed by atoms with Crippen LogP contribution in [0, 0.1) is 0 Å². The molecular formula is C61H43N3. The van der Waals surface area contributed by atoms with Crippen molar-refractivity contribution in [2.75, 3.05) is 0 Å². The molecule has 0 atom stereocenters. The number of rotatable bonds is 7. The summed E-state index contributed by atoms with van der Waals surface area (Å²) in [7, 11) is 0. The highest BCUT2D eigenvalue weighted by molar-refractivity contribution is 6.09. The minimum atomic E-state index is -0.135. The molecule has 2 heterocycles. The predicted octanol–water partition coefficient (Wildman–Crippen LogP) is 15.9. The summed E-state index contributed by atoms with van der Waals surface area (Å²) >= 11 is 0. The smallest absolute Gasteiger partial charge is 0.160 e. The third-order valence-corrected chi connectivity index (χ3v) is 13.2. The average Bonchev–Trinajstić information content (AvgIpc) is 3.82. The normalized spacial score (nSPS) is 12.7. The Hall–Kier alpha value is -8.14. The van der Waals surface area contributed by atoms with E-state index in [-0.39, 0.29) is 5.41 Å². The summed E-state index contributed by atoms with van der Waals surface area (Å²) in [6.45, 7) is 4.66. The third-order valence-electron chi connectivity index (χ3n) is 13.2. The molecule has 0 aliphatic heterocycles. The monoisotopic (exact) mass is 817 g/mol. The molecule has 0 amide bonds. The first kappa shape index (κ1) is 37.6. The van der Waals surface area contributed by atoms with Gasteiger partial charge in [-0.3, -0.25) is 0 Å². The number of hydrogen-bond acceptors (Lipinski definition) is 2. The van der Waals surface area contributed by atoms with Crippen LogP contribution in [0.2, 0.25) is 0 Å². The second kappa shape index (κ2) is 15.0. The topological polar surface area (TPSA) is 30.7 Å². The van der Waals surface area contributed by atoms with Crippen molar-refractivity contribution in [3.05, 3.63) is 236 Å². The molecule has 12 rings (SSSR count). The quantitative estimate of drug-likeness (QED) is 0.160. The Balaban J connectivity index is 1.05. The van der Waals surface area contributed by atoms with Crippen LogP contribution >= 0.6 is 0 Å². The second-order valence-corrected chi connectivity index (χ2v) is 17.4. The molecule has 0 bridgehead atoms. The summed E-state index contributed by atoms with van der Waals surface area (Å²) in [5.74, 6) is 0.695. The lowest BCUT2D eigenvalue weighted by molar-refractivity contribution is 0.660. The van der Waals surface area contributed by atoms with Crippen LogP contribution in [0.15, 0.2) is 224 Å². The van der Waals surface area contributed by atoms with Crippen LogP contribution < -0.4 is 0 Å². The van der Waals surface area contributed by atoms with E-state index < -0.39 is 0 Å². The van der Waals surface area contributed by atoms with E-state index in [0.717, 1.165) is 55.9 Å². The highest BCUT2D eigenvalue weighted by atomic mass is 15.0. The summed E-state index contributed by atoms with van der Waals surface area (Å²) in [5.41, 5.74) is 20.4. The van der Waals surface area contributed by atoms with E-state index in [4.69, 9.17) is 9.97 Å². The maximum absolute atomic E-state index is 5.39. The van der Waals surface area contributed by atoms with Crippen molar-refractivity contribution in [2.24, 2.45) is 0 Å². The van der Waals surface area contributed by atoms with E-state index in [0.29, 0.717) is 5.82 Å². The van der Waals surface area contributed by atoms with Crippen LogP contribution in [0.25, 0.3) is 106 Å². The van der Waals surface area contributed by atoms with Gasteiger partial charge in [0.05, 0.1) is 22.4 Å². The van der Waals surface area contributed by atoms with Crippen molar-refractivity contribution >= 4 is 21.8 Å². The van der Waals surface area contributed by atoms with Crippen molar-refractivity contribution in [2.45, 2.75) is 19.3 Å². The minimum Gasteiger partial charge on any atom is -0.309 e. The van der Waals surface area contributed by atoms with Gasteiger partial charge in [0.1, 0.15) is 0 Å². The number of aromatic nitrogens is 3. The van der Waals surface area contributed by atoms with E-state index >= 15 is 0 Å². The lowest BCUT2D eigenvalue weighted by Gasteiger charge is -2.22. The number of hydrogen-bond donors (Lipinski definition) is 0. The summed E-state index contributed by atoms with van der Waals surface area (Å²) in [6.07, 6.45) is 0. The maximum Gasteiger partial charge on any atom is 0.160 e. The largest absolute Gasteiger partial charge is 0.309 e. The van der Waals surface area contributed by atoms with Crippen LogP contribution in [0.5, 0.6) is 0 Å². The number of para-hydroxylation sites is 2. The van der Waals surface area contributed by atoms with Gasteiger partial charge in [-0.1, -0.05) is 190 Å². The summed E-state index contributed by atoms with van der Waals surface area (Å²) < 4.78 is 2.41. The van der Waals surface area contributed by atoms with Crippen LogP contribution in [0.3, 0.4) is 0 Å². The molecule has 0 unspecified atom stereocenters. The first-order valence-electron chi connectivity index (χ1n) is 22.1. The van der Waals surface area contributed by atoms with Gasteiger partial charge >= 0.3 is 0 Å². The Morgan fingerprint density at radius 1 is 0.328 bits per heavy atom. The fraction of sp³-hybridized carbons (Fsp3) is 0.0492. The first-order valence-corrected chi connectivity index (χ1v) is 22.1. The predicted molar refractivity (Wildman–Crippen MR) is 267 cm³/mol. The molecule has 3 heteroatoms. The average molecular weight is 818 g/mol. The van der Waals surface area contributed by atoms with Gasteiger partial charge in [0.15, 0.2) is 5.82 Å². The Morgan fingerprint density at radius 2 is 0.812 bits per heavy atom. The van der Waals surface area contributed by atoms with Crippen LogP contribution in [0.1, 0.15) is 25.0 Å². The Bertz CT molecular complexity index is 3510. The Labute approximate surface area is 373 Å². The molecule has 2 aromatic heterocycles. The molecule has 3 nitrogen and oxygen atoms in total. The molecule has 11 aromatic rings. The van der Waals surface area contributed by atoms with Gasteiger partial charge < -0.3 is 4.57 Å². The zero-order valence-electron chi connectivity index (χ0n) is 35.7. The fourth-order valence-corrected chi connectivity index (χ4v) is 9.94. The van der Waals surface area contributed by atoms with E-state index in [1.54, 1.807) is 0 Å². The van der Waals surface area contributed by atoms with Gasteiger partial charge in [-0.2, -0.15) is 0 Å². The molecule has 0 saturated carbocycles. The van der Waals surface area contributed by atoms with Gasteiger partial charge in [0, 0.05) is 38.6 Å². The van der Waals surface area contributed by atoms with E-state index in [2.05, 4.69) is 237 Å². The maximum atomic E-state index is 5.39. The third kappa shape index (κ3) is 6.36. The molecule has 302 valence electrons. The van der Waals surface area contributed by atoms with Crippen LogP contribution in [0.4, 0.5) is 0 Å². The first-order chi connectivity index (χ1) is 31.5. The zero-order valence-corrected chi connectivity index (χ0v) is 35.7. The Kier molecular flexibility index (Phi) is 8.84. The second-order valence-electron chi connectivity index (χ2n) is 17.4. The van der Waals surface area contributed by atoms with Gasteiger partial charge in [-0.05, 0) is 104 Å². The lowest BCUT2D eigenvalue weighted by atomic mass is 9.82. The van der Waals surface area contributed by atoms with Gasteiger partial charge in [-0.15, -0.1) is 0 Å². The molecule has 64 heavy (non-hydrogen) atoms. The SMILES string of the molecule is CC1(C)c2ccccc2-c2ccc(-c3cc(-c4cc(-c5cccc(-c6ccc(-c7ccccc7)cc6)c5)cc(-n5c6ccccc6c6ccccc65)c4)nc(-c4ccccc4)n3)cc21. The van der Waals surface area contributed by atoms with Crippen molar-refractivity contribution in [3.63, 3.8) is 0 Å². The highest BCUT2D eigenvalue weighted by Gasteiger charge is 2.35. The summed E-state index contributed by atoms with van der Waals surface area (Å²) in [5, 5.41) is 2.45. The van der Waals surface area contributed by atoms with E-state index in [1.807, 2.05) is 6.07 Å². The molecule has 0 saturated heterocycles. The molecule has 0 spiro atoms. The number of nitrogens with zero attached hydrogens (tertiary/aromatic N) is 3. The molecule has 1 aliphatic carbocycles.